The highest BCUT2D eigenvalue weighted by Crippen LogP contribution is 2.69. The lowest BCUT2D eigenvalue weighted by Gasteiger charge is -2.49. The maximum absolute atomic E-state index is 4.30. The van der Waals surface area contributed by atoms with E-state index in [1.807, 2.05) is 0 Å². The van der Waals surface area contributed by atoms with E-state index in [1.165, 1.54) is 41.0 Å². The number of hydrogen-bond acceptors (Lipinski definition) is 6. The molecule has 0 bridgehead atoms. The fourth-order valence-corrected chi connectivity index (χ4v) is 11.3. The summed E-state index contributed by atoms with van der Waals surface area (Å²) in [6.45, 7) is 3.36. The van der Waals surface area contributed by atoms with Gasteiger partial charge in [0.2, 0.25) is 0 Å². The second-order valence-corrected chi connectivity index (χ2v) is 13.9. The molecule has 0 spiro atoms. The molecule has 1 N–H and O–H groups in total. The first-order valence-corrected chi connectivity index (χ1v) is 15.5. The summed E-state index contributed by atoms with van der Waals surface area (Å²) in [5, 5.41) is 4.30. The minimum Gasteiger partial charge on any atom is -0.368 e. The molecular weight excluding hydrogens is 504 g/mol. The van der Waals surface area contributed by atoms with Gasteiger partial charge in [-0.3, -0.25) is 14.7 Å². The van der Waals surface area contributed by atoms with Crippen molar-refractivity contribution in [3.8, 4) is 0 Å². The second-order valence-electron chi connectivity index (χ2n) is 13.9. The first kappa shape index (κ1) is 24.5. The maximum Gasteiger partial charge on any atom is 0.0956 e. The van der Waals surface area contributed by atoms with Crippen LogP contribution in [0, 0.1) is 0 Å². The van der Waals surface area contributed by atoms with Gasteiger partial charge < -0.3 is 15.1 Å². The van der Waals surface area contributed by atoms with Crippen molar-refractivity contribution < 1.29 is 0 Å². The van der Waals surface area contributed by atoms with E-state index in [4.69, 9.17) is 0 Å². The SMILES string of the molecule is CN1CC[C@@]2(c3cccc4c3N[C@H]3N(C)CC[C@@]43[C@@]34CCN(C)[C@@H]3N(C)c3ccccc34)c3ccccc3N(C)[C@@H]12. The number of likely N-dealkylation sites (tertiary alicyclic amines) is 3. The highest BCUT2D eigenvalue weighted by Gasteiger charge is 2.72. The van der Waals surface area contributed by atoms with Gasteiger partial charge >= 0.3 is 0 Å². The largest absolute Gasteiger partial charge is 0.368 e. The summed E-state index contributed by atoms with van der Waals surface area (Å²) in [4.78, 5) is 13.0. The lowest BCUT2D eigenvalue weighted by Crippen LogP contribution is -2.61. The van der Waals surface area contributed by atoms with Crippen molar-refractivity contribution in [3.05, 3.63) is 89.0 Å². The Hall–Kier alpha value is -3.06. The third-order valence-corrected chi connectivity index (χ3v) is 12.6. The topological polar surface area (TPSA) is 28.2 Å². The standard InChI is InChI=1S/C35H42N6/c1-37-21-18-34(35-19-22-39(3)32(35)41(5)28-16-9-7-12-24(28)35)26-14-10-13-25(29(26)36-30(34)37)33-17-20-38(2)31(33)40(4)27-15-8-6-11-23(27)33/h6-16,30-32,36H,17-22H2,1-5H3/t30-,31+,32+,33-,34+,35+/m0/s1. The summed E-state index contributed by atoms with van der Waals surface area (Å²) in [6, 6.07) is 25.9. The molecule has 3 fully saturated rings. The van der Waals surface area contributed by atoms with Gasteiger partial charge in [0.25, 0.3) is 0 Å². The molecule has 0 unspecified atom stereocenters. The van der Waals surface area contributed by atoms with Crippen LogP contribution in [0.1, 0.15) is 41.5 Å². The minimum atomic E-state index is -0.0508. The number of para-hydroxylation sites is 3. The molecule has 6 aliphatic heterocycles. The molecule has 3 aromatic rings. The molecular formula is C35H42N6. The van der Waals surface area contributed by atoms with Gasteiger partial charge in [-0.15, -0.1) is 0 Å². The summed E-state index contributed by atoms with van der Waals surface area (Å²) in [7, 11) is 11.7. The fraction of sp³-hybridized carbons (Fsp3) is 0.486. The third kappa shape index (κ3) is 2.51. The van der Waals surface area contributed by atoms with Gasteiger partial charge in [-0.05, 0) is 74.8 Å². The predicted octanol–water partition coefficient (Wildman–Crippen LogP) is 4.46. The Labute approximate surface area is 244 Å². The first-order valence-electron chi connectivity index (χ1n) is 15.5. The zero-order chi connectivity index (χ0) is 27.9. The van der Waals surface area contributed by atoms with Crippen molar-refractivity contribution in [1.82, 2.24) is 14.7 Å². The Morgan fingerprint density at radius 3 is 1.93 bits per heavy atom. The van der Waals surface area contributed by atoms with Crippen molar-refractivity contribution in [1.29, 1.82) is 0 Å². The lowest BCUT2D eigenvalue weighted by molar-refractivity contribution is 0.136. The maximum atomic E-state index is 4.30. The van der Waals surface area contributed by atoms with E-state index in [-0.39, 0.29) is 22.4 Å². The van der Waals surface area contributed by atoms with Crippen LogP contribution in [0.5, 0.6) is 0 Å². The lowest BCUT2D eigenvalue weighted by atomic mass is 9.54. The van der Waals surface area contributed by atoms with Crippen LogP contribution in [0.3, 0.4) is 0 Å². The molecule has 0 aliphatic carbocycles. The molecule has 6 aliphatic rings. The van der Waals surface area contributed by atoms with Gasteiger partial charge in [-0.2, -0.15) is 0 Å². The van der Waals surface area contributed by atoms with E-state index >= 15 is 0 Å². The average Bonchev–Trinajstić information content (AvgIpc) is 3.79. The van der Waals surface area contributed by atoms with E-state index in [2.05, 4.69) is 132 Å². The molecule has 0 aromatic heterocycles. The molecule has 212 valence electrons. The van der Waals surface area contributed by atoms with Crippen molar-refractivity contribution in [2.45, 2.75) is 54.0 Å². The molecule has 6 heterocycles. The number of hydrogen-bond donors (Lipinski definition) is 1. The number of likely N-dealkylation sites (N-methyl/N-ethyl adjacent to an activating group) is 5. The van der Waals surface area contributed by atoms with E-state index in [0.717, 1.165) is 26.1 Å². The minimum absolute atomic E-state index is 0.00987. The Bertz CT molecular complexity index is 1590. The van der Waals surface area contributed by atoms with Crippen molar-refractivity contribution in [2.24, 2.45) is 0 Å². The number of nitrogens with zero attached hydrogens (tertiary/aromatic N) is 5. The summed E-state index contributed by atoms with van der Waals surface area (Å²) in [6.07, 6.45) is 4.46. The molecule has 3 aromatic carbocycles. The molecule has 6 atom stereocenters. The van der Waals surface area contributed by atoms with E-state index in [0.29, 0.717) is 12.3 Å². The number of nitrogens with one attached hydrogen (secondary N) is 1. The number of benzene rings is 3. The monoisotopic (exact) mass is 546 g/mol. The molecule has 0 amide bonds. The van der Waals surface area contributed by atoms with Crippen LogP contribution in [0.4, 0.5) is 17.1 Å². The van der Waals surface area contributed by atoms with Crippen LogP contribution in [-0.2, 0) is 16.2 Å². The Balaban J connectivity index is 1.32. The average molecular weight is 547 g/mol. The van der Waals surface area contributed by atoms with Crippen molar-refractivity contribution >= 4 is 17.1 Å². The van der Waals surface area contributed by atoms with Crippen LogP contribution in [0.15, 0.2) is 66.7 Å². The summed E-state index contributed by atoms with van der Waals surface area (Å²) >= 11 is 0. The molecule has 3 saturated heterocycles. The van der Waals surface area contributed by atoms with Gasteiger partial charge in [0.05, 0.1) is 23.9 Å². The molecule has 6 nitrogen and oxygen atoms in total. The predicted molar refractivity (Wildman–Crippen MR) is 167 cm³/mol. The van der Waals surface area contributed by atoms with Gasteiger partial charge in [-0.1, -0.05) is 54.6 Å². The normalized spacial score (nSPS) is 37.1. The highest BCUT2D eigenvalue weighted by molar-refractivity contribution is 5.79. The Morgan fingerprint density at radius 2 is 1.12 bits per heavy atom. The quantitative estimate of drug-likeness (QED) is 0.511. The molecule has 0 radical (unpaired) electrons. The van der Waals surface area contributed by atoms with Crippen LogP contribution in [-0.4, -0.2) is 88.1 Å². The second kappa shape index (κ2) is 7.85. The van der Waals surface area contributed by atoms with Crippen molar-refractivity contribution in [3.63, 3.8) is 0 Å². The number of rotatable bonds is 2. The summed E-state index contributed by atoms with van der Waals surface area (Å²) in [5.41, 5.74) is 10.3. The summed E-state index contributed by atoms with van der Waals surface area (Å²) in [5.74, 6) is 0. The Kier molecular flexibility index (Phi) is 4.70. The van der Waals surface area contributed by atoms with E-state index in [9.17, 15) is 0 Å². The smallest absolute Gasteiger partial charge is 0.0956 e. The zero-order valence-electron chi connectivity index (χ0n) is 25.1. The third-order valence-electron chi connectivity index (χ3n) is 12.6. The van der Waals surface area contributed by atoms with E-state index < -0.39 is 0 Å². The van der Waals surface area contributed by atoms with Gasteiger partial charge in [0.15, 0.2) is 0 Å². The van der Waals surface area contributed by atoms with Crippen molar-refractivity contribution in [2.75, 3.05) is 70.0 Å². The van der Waals surface area contributed by atoms with Gasteiger partial charge in [0.1, 0.15) is 0 Å². The molecule has 6 heteroatoms. The first-order chi connectivity index (χ1) is 19.9. The zero-order valence-corrected chi connectivity index (χ0v) is 25.1. The van der Waals surface area contributed by atoms with Crippen LogP contribution in [0.25, 0.3) is 0 Å². The highest BCUT2D eigenvalue weighted by atomic mass is 15.4. The molecule has 9 rings (SSSR count). The van der Waals surface area contributed by atoms with Crippen LogP contribution < -0.4 is 15.1 Å². The Morgan fingerprint density at radius 1 is 0.561 bits per heavy atom. The van der Waals surface area contributed by atoms with E-state index in [1.54, 1.807) is 11.1 Å². The van der Waals surface area contributed by atoms with Crippen LogP contribution in [0.2, 0.25) is 0 Å². The van der Waals surface area contributed by atoms with Gasteiger partial charge in [-0.25, -0.2) is 0 Å². The van der Waals surface area contributed by atoms with Crippen LogP contribution >= 0.6 is 0 Å². The number of anilines is 3. The summed E-state index contributed by atoms with van der Waals surface area (Å²) < 4.78 is 0. The van der Waals surface area contributed by atoms with Gasteiger partial charge in [0, 0.05) is 61.6 Å². The number of fused-ring (bicyclic) bond motifs is 10. The molecule has 0 saturated carbocycles. The fourth-order valence-electron chi connectivity index (χ4n) is 11.3. The molecule has 41 heavy (non-hydrogen) atoms.